The molecule has 0 amide bonds. The normalized spacial score (nSPS) is 11.1. The molecule has 11 heteroatoms. The zero-order valence-electron chi connectivity index (χ0n) is 20.5. The van der Waals surface area contributed by atoms with Crippen LogP contribution in [0.3, 0.4) is 0 Å². The van der Waals surface area contributed by atoms with Crippen molar-refractivity contribution in [3.05, 3.63) is 60.2 Å². The number of carbonyl (C=O) groups is 1. The number of methoxy groups -OCH3 is 2. The van der Waals surface area contributed by atoms with E-state index < -0.39 is 11.8 Å². The standard InChI is InChI=1S/C26H22FN5O5/c1-5-36-22-11-14(17-7-6-16(27)12-18(17)24-31-28-13-32(24)2)8-20(29-22)25-30-19-9-15(26(33)35-4)10-21(34-3)23(19)37-25/h6-13H,5H2,1-4H3. The van der Waals surface area contributed by atoms with Gasteiger partial charge in [0, 0.05) is 18.7 Å². The largest absolute Gasteiger partial charge is 0.493 e. The van der Waals surface area contributed by atoms with Gasteiger partial charge in [0.1, 0.15) is 23.4 Å². The van der Waals surface area contributed by atoms with E-state index in [0.717, 1.165) is 0 Å². The van der Waals surface area contributed by atoms with Crippen molar-refractivity contribution in [3.63, 3.8) is 0 Å². The molecular formula is C26H22FN5O5. The molecule has 0 aliphatic heterocycles. The summed E-state index contributed by atoms with van der Waals surface area (Å²) >= 11 is 0. The van der Waals surface area contributed by atoms with Gasteiger partial charge in [-0.05, 0) is 48.4 Å². The molecule has 0 saturated heterocycles. The molecule has 0 spiro atoms. The molecule has 188 valence electrons. The molecule has 0 aliphatic carbocycles. The Morgan fingerprint density at radius 1 is 1.08 bits per heavy atom. The Morgan fingerprint density at radius 3 is 2.62 bits per heavy atom. The molecule has 5 aromatic rings. The third-order valence-corrected chi connectivity index (χ3v) is 5.66. The highest BCUT2D eigenvalue weighted by atomic mass is 19.1. The summed E-state index contributed by atoms with van der Waals surface area (Å²) in [6, 6.07) is 11.0. The predicted octanol–water partition coefficient (Wildman–Crippen LogP) is 4.69. The molecule has 3 heterocycles. The van der Waals surface area contributed by atoms with Gasteiger partial charge in [0.25, 0.3) is 0 Å². The summed E-state index contributed by atoms with van der Waals surface area (Å²) in [6.07, 6.45) is 1.54. The van der Waals surface area contributed by atoms with Crippen LogP contribution in [-0.2, 0) is 11.8 Å². The molecule has 0 bridgehead atoms. The van der Waals surface area contributed by atoms with E-state index >= 15 is 0 Å². The predicted molar refractivity (Wildman–Crippen MR) is 132 cm³/mol. The number of nitrogens with zero attached hydrogens (tertiary/aromatic N) is 5. The fourth-order valence-corrected chi connectivity index (χ4v) is 3.97. The van der Waals surface area contributed by atoms with E-state index in [-0.39, 0.29) is 11.5 Å². The molecule has 0 N–H and O–H groups in total. The van der Waals surface area contributed by atoms with Gasteiger partial charge in [-0.3, -0.25) is 0 Å². The number of benzene rings is 2. The second-order valence-corrected chi connectivity index (χ2v) is 8.01. The third kappa shape index (κ3) is 4.46. The third-order valence-electron chi connectivity index (χ3n) is 5.66. The average molecular weight is 503 g/mol. The maximum absolute atomic E-state index is 14.3. The quantitative estimate of drug-likeness (QED) is 0.292. The van der Waals surface area contributed by atoms with E-state index in [4.69, 9.17) is 18.6 Å². The lowest BCUT2D eigenvalue weighted by molar-refractivity contribution is 0.0600. The van der Waals surface area contributed by atoms with Crippen LogP contribution in [0.25, 0.3) is 45.2 Å². The van der Waals surface area contributed by atoms with E-state index in [1.165, 1.54) is 32.4 Å². The Bertz CT molecular complexity index is 1630. The molecule has 3 aromatic heterocycles. The summed E-state index contributed by atoms with van der Waals surface area (Å²) in [5.74, 6) is 0.381. The lowest BCUT2D eigenvalue weighted by Gasteiger charge is -2.12. The molecule has 0 fully saturated rings. The average Bonchev–Trinajstić information content (AvgIpc) is 3.53. The number of pyridine rings is 1. The number of aromatic nitrogens is 5. The maximum Gasteiger partial charge on any atom is 0.338 e. The van der Waals surface area contributed by atoms with Gasteiger partial charge >= 0.3 is 5.97 Å². The van der Waals surface area contributed by atoms with Gasteiger partial charge in [0.15, 0.2) is 17.2 Å². The van der Waals surface area contributed by atoms with E-state index in [0.29, 0.717) is 57.5 Å². The van der Waals surface area contributed by atoms with E-state index in [9.17, 15) is 9.18 Å². The Kier molecular flexibility index (Phi) is 6.26. The SMILES string of the molecule is CCOc1cc(-c2ccc(F)cc2-c2nncn2C)cc(-c2nc3cc(C(=O)OC)cc(OC)c3o2)n1. The van der Waals surface area contributed by atoms with Crippen molar-refractivity contribution in [2.75, 3.05) is 20.8 Å². The van der Waals surface area contributed by atoms with Crippen LogP contribution in [0.2, 0.25) is 0 Å². The highest BCUT2D eigenvalue weighted by molar-refractivity contribution is 5.96. The summed E-state index contributed by atoms with van der Waals surface area (Å²) in [7, 11) is 4.54. The van der Waals surface area contributed by atoms with Crippen LogP contribution >= 0.6 is 0 Å². The van der Waals surface area contributed by atoms with Crippen LogP contribution in [-0.4, -0.2) is 51.5 Å². The summed E-state index contributed by atoms with van der Waals surface area (Å²) in [5, 5.41) is 8.07. The second kappa shape index (κ2) is 9.69. The Balaban J connectivity index is 1.69. The second-order valence-electron chi connectivity index (χ2n) is 8.01. The first-order valence-electron chi connectivity index (χ1n) is 11.3. The first-order chi connectivity index (χ1) is 17.9. The van der Waals surface area contributed by atoms with Crippen LogP contribution < -0.4 is 9.47 Å². The van der Waals surface area contributed by atoms with E-state index in [2.05, 4.69) is 20.2 Å². The number of aryl methyl sites for hydroxylation is 1. The van der Waals surface area contributed by atoms with Crippen LogP contribution in [0.1, 0.15) is 17.3 Å². The Morgan fingerprint density at radius 2 is 1.92 bits per heavy atom. The van der Waals surface area contributed by atoms with E-state index in [1.807, 2.05) is 6.92 Å². The lowest BCUT2D eigenvalue weighted by Crippen LogP contribution is -2.01. The summed E-state index contributed by atoms with van der Waals surface area (Å²) in [5.41, 5.74) is 3.27. The van der Waals surface area contributed by atoms with Gasteiger partial charge in [-0.15, -0.1) is 10.2 Å². The van der Waals surface area contributed by atoms with E-state index in [1.54, 1.807) is 42.2 Å². The molecular weight excluding hydrogens is 481 g/mol. The van der Waals surface area contributed by atoms with Crippen molar-refractivity contribution >= 4 is 17.1 Å². The number of fused-ring (bicyclic) bond motifs is 1. The molecule has 0 saturated carbocycles. The van der Waals surface area contributed by atoms with Crippen LogP contribution in [0.15, 0.2) is 53.2 Å². The van der Waals surface area contributed by atoms with Gasteiger partial charge in [-0.25, -0.2) is 19.2 Å². The number of ether oxygens (including phenoxy) is 3. The molecule has 0 unspecified atom stereocenters. The molecule has 2 aromatic carbocycles. The molecule has 0 aliphatic rings. The number of hydrogen-bond donors (Lipinski definition) is 0. The molecule has 0 atom stereocenters. The number of carbonyl (C=O) groups excluding carboxylic acids is 1. The fourth-order valence-electron chi connectivity index (χ4n) is 3.97. The van der Waals surface area contributed by atoms with Crippen LogP contribution in [0, 0.1) is 5.82 Å². The Hall–Kier alpha value is -4.80. The molecule has 5 rings (SSSR count). The minimum Gasteiger partial charge on any atom is -0.493 e. The fraction of sp³-hybridized carbons (Fsp3) is 0.192. The maximum atomic E-state index is 14.3. The van der Waals surface area contributed by atoms with Crippen molar-refractivity contribution in [1.82, 2.24) is 24.7 Å². The summed E-state index contributed by atoms with van der Waals surface area (Å²) < 4.78 is 37.9. The molecule has 0 radical (unpaired) electrons. The molecule has 10 nitrogen and oxygen atoms in total. The van der Waals surface area contributed by atoms with Gasteiger partial charge in [0.05, 0.1) is 26.4 Å². The monoisotopic (exact) mass is 503 g/mol. The van der Waals surface area contributed by atoms with Gasteiger partial charge < -0.3 is 23.2 Å². The van der Waals surface area contributed by atoms with Crippen molar-refractivity contribution in [1.29, 1.82) is 0 Å². The highest BCUT2D eigenvalue weighted by Crippen LogP contribution is 2.37. The van der Waals surface area contributed by atoms with Crippen LogP contribution in [0.4, 0.5) is 4.39 Å². The Labute approximate surface area is 210 Å². The number of esters is 1. The number of oxazole rings is 1. The minimum atomic E-state index is -0.531. The first-order valence-corrected chi connectivity index (χ1v) is 11.3. The summed E-state index contributed by atoms with van der Waals surface area (Å²) in [4.78, 5) is 21.2. The number of hydrogen-bond acceptors (Lipinski definition) is 9. The summed E-state index contributed by atoms with van der Waals surface area (Å²) in [6.45, 7) is 2.22. The zero-order chi connectivity index (χ0) is 26.1. The lowest BCUT2D eigenvalue weighted by atomic mass is 9.99. The zero-order valence-corrected chi connectivity index (χ0v) is 20.5. The minimum absolute atomic E-state index is 0.181. The van der Waals surface area contributed by atoms with Crippen LogP contribution in [0.5, 0.6) is 11.6 Å². The van der Waals surface area contributed by atoms with Gasteiger partial charge in [0.2, 0.25) is 11.8 Å². The number of halogens is 1. The van der Waals surface area contributed by atoms with Crippen molar-refractivity contribution in [2.24, 2.45) is 7.05 Å². The highest BCUT2D eigenvalue weighted by Gasteiger charge is 2.21. The van der Waals surface area contributed by atoms with Crippen molar-refractivity contribution in [3.8, 4) is 45.7 Å². The number of rotatable bonds is 7. The topological polar surface area (TPSA) is 114 Å². The van der Waals surface area contributed by atoms with Crippen molar-refractivity contribution < 1.29 is 27.8 Å². The smallest absolute Gasteiger partial charge is 0.338 e. The van der Waals surface area contributed by atoms with Gasteiger partial charge in [-0.2, -0.15) is 0 Å². The van der Waals surface area contributed by atoms with Gasteiger partial charge in [-0.1, -0.05) is 6.07 Å². The van der Waals surface area contributed by atoms with Crippen molar-refractivity contribution in [2.45, 2.75) is 6.92 Å². The molecule has 37 heavy (non-hydrogen) atoms. The first kappa shape index (κ1) is 23.9.